The highest BCUT2D eigenvalue weighted by Crippen LogP contribution is 2.24. The summed E-state index contributed by atoms with van der Waals surface area (Å²) < 4.78 is 1.90. The molecule has 1 aliphatic rings. The van der Waals surface area contributed by atoms with Crippen LogP contribution in [0.3, 0.4) is 0 Å². The van der Waals surface area contributed by atoms with E-state index in [0.717, 1.165) is 17.3 Å². The molecular formula is C18H18N4O2S. The number of para-hydroxylation sites is 1. The van der Waals surface area contributed by atoms with Gasteiger partial charge in [-0.2, -0.15) is 0 Å². The van der Waals surface area contributed by atoms with Gasteiger partial charge < -0.3 is 9.47 Å². The molecule has 0 spiro atoms. The zero-order valence-electron chi connectivity index (χ0n) is 13.8. The van der Waals surface area contributed by atoms with Crippen molar-refractivity contribution in [3.63, 3.8) is 0 Å². The molecule has 0 bridgehead atoms. The van der Waals surface area contributed by atoms with Gasteiger partial charge in [-0.15, -0.1) is 11.3 Å². The first kappa shape index (κ1) is 15.7. The van der Waals surface area contributed by atoms with E-state index in [2.05, 4.69) is 10.9 Å². The molecule has 3 heterocycles. The average Bonchev–Trinajstić information content (AvgIpc) is 3.23. The van der Waals surface area contributed by atoms with Crippen molar-refractivity contribution in [1.29, 1.82) is 0 Å². The van der Waals surface area contributed by atoms with Gasteiger partial charge in [0.05, 0.1) is 5.56 Å². The Morgan fingerprint density at radius 2 is 2.00 bits per heavy atom. The molecule has 1 aliphatic heterocycles. The van der Waals surface area contributed by atoms with Crippen LogP contribution in [0.15, 0.2) is 41.9 Å². The van der Waals surface area contributed by atoms with E-state index in [1.165, 1.54) is 10.4 Å². The van der Waals surface area contributed by atoms with Gasteiger partial charge in [-0.3, -0.25) is 10.2 Å². The molecule has 0 unspecified atom stereocenters. The van der Waals surface area contributed by atoms with Gasteiger partial charge in [0.1, 0.15) is 0 Å². The van der Waals surface area contributed by atoms with Crippen LogP contribution < -0.4 is 10.9 Å². The Balaban J connectivity index is 1.42. The monoisotopic (exact) mass is 354 g/mol. The van der Waals surface area contributed by atoms with Gasteiger partial charge in [-0.05, 0) is 29.5 Å². The number of benzene rings is 1. The number of hydrogen-bond acceptors (Lipinski definition) is 3. The van der Waals surface area contributed by atoms with Crippen LogP contribution in [0.4, 0.5) is 4.79 Å². The second-order valence-electron chi connectivity index (χ2n) is 6.10. The summed E-state index contributed by atoms with van der Waals surface area (Å²) in [5.41, 5.74) is 7.76. The topological polar surface area (TPSA) is 66.4 Å². The molecule has 3 amide bonds. The first-order chi connectivity index (χ1) is 12.1. The van der Waals surface area contributed by atoms with Crippen LogP contribution in [0.2, 0.25) is 0 Å². The highest BCUT2D eigenvalue weighted by molar-refractivity contribution is 7.10. The number of carbonyl (C=O) groups is 2. The molecule has 0 atom stereocenters. The lowest BCUT2D eigenvalue weighted by molar-refractivity contribution is 0.0930. The maximum Gasteiger partial charge on any atom is 0.336 e. The van der Waals surface area contributed by atoms with E-state index in [4.69, 9.17) is 0 Å². The standard InChI is InChI=1S/C18H18N4O2S/c1-21-11-14(13-4-2-3-5-15(13)21)17(23)19-20-18(24)22-8-6-16-12(10-22)7-9-25-16/h2-5,7,9,11H,6,8,10H2,1H3,(H,19,23)(H,20,24). The van der Waals surface area contributed by atoms with Gasteiger partial charge in [-0.25, -0.2) is 10.2 Å². The summed E-state index contributed by atoms with van der Waals surface area (Å²) in [6.07, 6.45) is 2.63. The third-order valence-corrected chi connectivity index (χ3v) is 5.54. The van der Waals surface area contributed by atoms with E-state index in [1.54, 1.807) is 22.4 Å². The van der Waals surface area contributed by atoms with Crippen LogP contribution in [0.5, 0.6) is 0 Å². The lowest BCUT2D eigenvalue weighted by Crippen LogP contribution is -2.49. The van der Waals surface area contributed by atoms with E-state index in [1.807, 2.05) is 47.3 Å². The zero-order chi connectivity index (χ0) is 17.4. The van der Waals surface area contributed by atoms with Gasteiger partial charge in [0.15, 0.2) is 0 Å². The minimum atomic E-state index is -0.321. The fourth-order valence-electron chi connectivity index (χ4n) is 3.20. The summed E-state index contributed by atoms with van der Waals surface area (Å²) in [7, 11) is 1.89. The molecule has 0 fully saturated rings. The first-order valence-corrected chi connectivity index (χ1v) is 8.96. The van der Waals surface area contributed by atoms with Crippen molar-refractivity contribution in [2.75, 3.05) is 6.54 Å². The second kappa shape index (κ2) is 6.25. The number of aromatic nitrogens is 1. The van der Waals surface area contributed by atoms with Gasteiger partial charge in [0.25, 0.3) is 5.91 Å². The fraction of sp³-hybridized carbons (Fsp3) is 0.222. The molecule has 128 valence electrons. The zero-order valence-corrected chi connectivity index (χ0v) is 14.6. The molecule has 0 saturated heterocycles. The summed E-state index contributed by atoms with van der Waals surface area (Å²) >= 11 is 1.73. The largest absolute Gasteiger partial charge is 0.350 e. The molecule has 2 aromatic heterocycles. The quantitative estimate of drug-likeness (QED) is 0.660. The van der Waals surface area contributed by atoms with Crippen molar-refractivity contribution in [2.24, 2.45) is 7.05 Å². The SMILES string of the molecule is Cn1cc(C(=O)NNC(=O)N2CCc3sccc3C2)c2ccccc21. The molecule has 7 heteroatoms. The number of urea groups is 1. The van der Waals surface area contributed by atoms with E-state index in [9.17, 15) is 9.59 Å². The maximum absolute atomic E-state index is 12.5. The van der Waals surface area contributed by atoms with Crippen LogP contribution in [0.25, 0.3) is 10.9 Å². The van der Waals surface area contributed by atoms with E-state index in [0.29, 0.717) is 18.7 Å². The summed E-state index contributed by atoms with van der Waals surface area (Å²) in [4.78, 5) is 27.8. The summed E-state index contributed by atoms with van der Waals surface area (Å²) in [5.74, 6) is -0.321. The Morgan fingerprint density at radius 1 is 1.16 bits per heavy atom. The number of amides is 3. The predicted molar refractivity (Wildman–Crippen MR) is 97.3 cm³/mol. The van der Waals surface area contributed by atoms with Crippen molar-refractivity contribution in [3.05, 3.63) is 57.9 Å². The van der Waals surface area contributed by atoms with Crippen molar-refractivity contribution in [2.45, 2.75) is 13.0 Å². The molecule has 0 radical (unpaired) electrons. The van der Waals surface area contributed by atoms with Crippen molar-refractivity contribution >= 4 is 34.2 Å². The predicted octanol–water partition coefficient (Wildman–Crippen LogP) is 2.65. The maximum atomic E-state index is 12.5. The third-order valence-electron chi connectivity index (χ3n) is 4.52. The van der Waals surface area contributed by atoms with E-state index in [-0.39, 0.29) is 11.9 Å². The van der Waals surface area contributed by atoms with Gasteiger partial charge >= 0.3 is 6.03 Å². The number of fused-ring (bicyclic) bond motifs is 2. The first-order valence-electron chi connectivity index (χ1n) is 8.08. The molecule has 25 heavy (non-hydrogen) atoms. The molecule has 0 saturated carbocycles. The van der Waals surface area contributed by atoms with Crippen LogP contribution in [0.1, 0.15) is 20.8 Å². The molecular weight excluding hydrogens is 336 g/mol. The number of nitrogens with one attached hydrogen (secondary N) is 2. The van der Waals surface area contributed by atoms with Gasteiger partial charge in [-0.1, -0.05) is 18.2 Å². The minimum absolute atomic E-state index is 0.287. The van der Waals surface area contributed by atoms with E-state index >= 15 is 0 Å². The molecule has 4 rings (SSSR count). The number of rotatable bonds is 1. The Kier molecular flexibility index (Phi) is 3.93. The number of aryl methyl sites for hydroxylation is 1. The van der Waals surface area contributed by atoms with Crippen molar-refractivity contribution in [1.82, 2.24) is 20.3 Å². The molecule has 1 aromatic carbocycles. The second-order valence-corrected chi connectivity index (χ2v) is 7.10. The summed E-state index contributed by atoms with van der Waals surface area (Å²) in [6.45, 7) is 1.23. The normalized spacial score (nSPS) is 13.6. The molecule has 2 N–H and O–H groups in total. The van der Waals surface area contributed by atoms with Crippen molar-refractivity contribution < 1.29 is 9.59 Å². The Bertz CT molecular complexity index is 959. The Morgan fingerprint density at radius 3 is 2.88 bits per heavy atom. The molecule has 0 aliphatic carbocycles. The average molecular weight is 354 g/mol. The van der Waals surface area contributed by atoms with Crippen LogP contribution in [0, 0.1) is 0 Å². The lowest BCUT2D eigenvalue weighted by atomic mass is 10.1. The number of hydrazine groups is 1. The highest BCUT2D eigenvalue weighted by atomic mass is 32.1. The van der Waals surface area contributed by atoms with Crippen LogP contribution >= 0.6 is 11.3 Å². The summed E-state index contributed by atoms with van der Waals surface area (Å²) in [5, 5.41) is 2.91. The molecule has 3 aromatic rings. The Labute approximate surface area is 149 Å². The van der Waals surface area contributed by atoms with Crippen LogP contribution in [-0.2, 0) is 20.0 Å². The van der Waals surface area contributed by atoms with Gasteiger partial charge in [0, 0.05) is 42.1 Å². The highest BCUT2D eigenvalue weighted by Gasteiger charge is 2.22. The lowest BCUT2D eigenvalue weighted by Gasteiger charge is -2.27. The van der Waals surface area contributed by atoms with Gasteiger partial charge in [0.2, 0.25) is 0 Å². The molecule has 6 nitrogen and oxygen atoms in total. The number of carbonyl (C=O) groups excluding carboxylic acids is 2. The third kappa shape index (κ3) is 2.87. The number of thiophene rings is 1. The van der Waals surface area contributed by atoms with E-state index < -0.39 is 0 Å². The van der Waals surface area contributed by atoms with Crippen LogP contribution in [-0.4, -0.2) is 28.0 Å². The minimum Gasteiger partial charge on any atom is -0.350 e. The van der Waals surface area contributed by atoms with Crippen molar-refractivity contribution in [3.8, 4) is 0 Å². The number of nitrogens with zero attached hydrogens (tertiary/aromatic N) is 2. The Hall–Kier alpha value is -2.80. The summed E-state index contributed by atoms with van der Waals surface area (Å²) in [6, 6.07) is 9.44. The number of hydrogen-bond donors (Lipinski definition) is 2. The smallest absolute Gasteiger partial charge is 0.336 e. The fourth-order valence-corrected chi connectivity index (χ4v) is 4.09.